The van der Waals surface area contributed by atoms with Gasteiger partial charge in [0.1, 0.15) is 10.9 Å². The lowest BCUT2D eigenvalue weighted by molar-refractivity contribution is 0.0369. The summed E-state index contributed by atoms with van der Waals surface area (Å²) < 4.78 is 19.6. The van der Waals surface area contributed by atoms with Gasteiger partial charge in [0.15, 0.2) is 0 Å². The Balaban J connectivity index is 1.30. The lowest BCUT2D eigenvalue weighted by Gasteiger charge is -2.26. The van der Waals surface area contributed by atoms with Gasteiger partial charge in [0.25, 0.3) is 0 Å². The number of aromatic amines is 1. The molecule has 2 N–H and O–H groups in total. The molecular formula is C22H29FN4OS. The molecule has 0 amide bonds. The smallest absolute Gasteiger partial charge is 0.126 e. The Labute approximate surface area is 175 Å². The molecule has 5 rings (SSSR count). The van der Waals surface area contributed by atoms with Crippen LogP contribution < -0.4 is 5.32 Å². The highest BCUT2D eigenvalue weighted by molar-refractivity contribution is 8.14. The van der Waals surface area contributed by atoms with Crippen LogP contribution in [0.4, 0.5) is 10.1 Å². The standard InChI is InChI=1S/C22H29FN4OS/c23-16-11-15-12-20(26-21(15)19(13-16)24-17-3-1-2-4-17)22-25-18(14-29-22)5-6-27-7-9-28-10-8-27/h11-13,17-18,24,26H,1-10,14H2/t18-/m1/s1. The Morgan fingerprint density at radius 3 is 2.86 bits per heavy atom. The fourth-order valence-electron chi connectivity index (χ4n) is 4.59. The first-order chi connectivity index (χ1) is 14.2. The Bertz CT molecular complexity index is 886. The molecule has 29 heavy (non-hydrogen) atoms. The van der Waals surface area contributed by atoms with Gasteiger partial charge in [-0.25, -0.2) is 4.39 Å². The molecule has 3 heterocycles. The predicted octanol–water partition coefficient (Wildman–Crippen LogP) is 4.25. The van der Waals surface area contributed by atoms with E-state index < -0.39 is 0 Å². The van der Waals surface area contributed by atoms with E-state index in [4.69, 9.17) is 9.73 Å². The molecule has 1 saturated carbocycles. The van der Waals surface area contributed by atoms with Crippen molar-refractivity contribution in [2.75, 3.05) is 43.9 Å². The summed E-state index contributed by atoms with van der Waals surface area (Å²) in [6.45, 7) is 4.83. The highest BCUT2D eigenvalue weighted by Gasteiger charge is 2.23. The quantitative estimate of drug-likeness (QED) is 0.739. The van der Waals surface area contributed by atoms with Crippen molar-refractivity contribution in [2.24, 2.45) is 4.99 Å². The molecule has 2 fully saturated rings. The minimum Gasteiger partial charge on any atom is -0.381 e. The van der Waals surface area contributed by atoms with Gasteiger partial charge < -0.3 is 15.0 Å². The van der Waals surface area contributed by atoms with Gasteiger partial charge in [0, 0.05) is 36.8 Å². The van der Waals surface area contributed by atoms with Crippen LogP contribution in [0.1, 0.15) is 37.8 Å². The van der Waals surface area contributed by atoms with E-state index in [0.29, 0.717) is 12.1 Å². The summed E-state index contributed by atoms with van der Waals surface area (Å²) in [5, 5.41) is 5.53. The number of aromatic nitrogens is 1. The zero-order valence-corrected chi connectivity index (χ0v) is 17.6. The van der Waals surface area contributed by atoms with E-state index in [1.54, 1.807) is 12.1 Å². The van der Waals surface area contributed by atoms with Crippen LogP contribution in [-0.2, 0) is 4.74 Å². The van der Waals surface area contributed by atoms with Crippen LogP contribution >= 0.6 is 11.8 Å². The Hall–Kier alpha value is -1.57. The molecule has 0 unspecified atom stereocenters. The van der Waals surface area contributed by atoms with E-state index in [9.17, 15) is 4.39 Å². The molecule has 1 aromatic carbocycles. The second-order valence-electron chi connectivity index (χ2n) is 8.37. The van der Waals surface area contributed by atoms with Crippen LogP contribution in [0.15, 0.2) is 23.2 Å². The van der Waals surface area contributed by atoms with Gasteiger partial charge in [-0.2, -0.15) is 0 Å². The number of thioether (sulfide) groups is 1. The zero-order valence-electron chi connectivity index (χ0n) is 16.8. The fraction of sp³-hybridized carbons (Fsp3) is 0.591. The first-order valence-electron chi connectivity index (χ1n) is 10.8. The SMILES string of the molecule is Fc1cc(NC2CCCC2)c2[nH]c(C3=N[C@H](CCN4CCOCC4)CS3)cc2c1. The number of benzene rings is 1. The molecule has 1 atom stereocenters. The molecule has 2 aromatic rings. The lowest BCUT2D eigenvalue weighted by atomic mass is 10.2. The van der Waals surface area contributed by atoms with Crippen molar-refractivity contribution in [3.05, 3.63) is 29.7 Å². The van der Waals surface area contributed by atoms with Crippen LogP contribution in [0.3, 0.4) is 0 Å². The molecule has 0 radical (unpaired) electrons. The average molecular weight is 417 g/mol. The number of aliphatic imine (C=N–C) groups is 1. The number of anilines is 1. The second-order valence-corrected chi connectivity index (χ2v) is 9.38. The highest BCUT2D eigenvalue weighted by Crippen LogP contribution is 2.32. The number of morpholine rings is 1. The molecule has 1 aliphatic carbocycles. The number of hydrogen-bond acceptors (Lipinski definition) is 5. The second kappa shape index (κ2) is 8.66. The van der Waals surface area contributed by atoms with Gasteiger partial charge in [-0.1, -0.05) is 12.8 Å². The van der Waals surface area contributed by atoms with Crippen LogP contribution in [0.5, 0.6) is 0 Å². The van der Waals surface area contributed by atoms with Gasteiger partial charge in [-0.05, 0) is 37.5 Å². The molecule has 156 valence electrons. The number of hydrogen-bond donors (Lipinski definition) is 2. The van der Waals surface area contributed by atoms with Crippen molar-refractivity contribution < 1.29 is 9.13 Å². The van der Waals surface area contributed by atoms with E-state index in [2.05, 4.69) is 21.3 Å². The summed E-state index contributed by atoms with van der Waals surface area (Å²) in [5.74, 6) is 0.837. The Morgan fingerprint density at radius 1 is 1.21 bits per heavy atom. The van der Waals surface area contributed by atoms with Crippen LogP contribution in [0.25, 0.3) is 10.9 Å². The normalized spacial score (nSPS) is 23.8. The van der Waals surface area contributed by atoms with E-state index in [0.717, 1.165) is 72.3 Å². The molecule has 0 spiro atoms. The summed E-state index contributed by atoms with van der Waals surface area (Å²) >= 11 is 1.81. The van der Waals surface area contributed by atoms with Gasteiger partial charge in [-0.15, -0.1) is 11.8 Å². The molecule has 1 saturated heterocycles. The number of nitrogens with zero attached hydrogens (tertiary/aromatic N) is 2. The molecule has 3 aliphatic rings. The van der Waals surface area contributed by atoms with E-state index >= 15 is 0 Å². The minimum absolute atomic E-state index is 0.187. The molecular weight excluding hydrogens is 387 g/mol. The van der Waals surface area contributed by atoms with Crippen molar-refractivity contribution in [2.45, 2.75) is 44.2 Å². The first kappa shape index (κ1) is 19.4. The number of fused-ring (bicyclic) bond motifs is 1. The van der Waals surface area contributed by atoms with Crippen molar-refractivity contribution >= 4 is 33.4 Å². The van der Waals surface area contributed by atoms with Crippen molar-refractivity contribution in [1.29, 1.82) is 0 Å². The molecule has 1 aromatic heterocycles. The lowest BCUT2D eigenvalue weighted by Crippen LogP contribution is -2.37. The maximum Gasteiger partial charge on any atom is 0.126 e. The molecule has 7 heteroatoms. The molecule has 2 aliphatic heterocycles. The third-order valence-electron chi connectivity index (χ3n) is 6.23. The van der Waals surface area contributed by atoms with Gasteiger partial charge in [-0.3, -0.25) is 9.89 Å². The summed E-state index contributed by atoms with van der Waals surface area (Å²) in [5.41, 5.74) is 2.89. The summed E-state index contributed by atoms with van der Waals surface area (Å²) in [6, 6.07) is 6.10. The average Bonchev–Trinajstić information content (AvgIpc) is 3.47. The van der Waals surface area contributed by atoms with Crippen LogP contribution in [0, 0.1) is 5.82 Å². The largest absolute Gasteiger partial charge is 0.381 e. The number of H-pyrrole nitrogens is 1. The van der Waals surface area contributed by atoms with Crippen LogP contribution in [-0.4, -0.2) is 65.6 Å². The summed E-state index contributed by atoms with van der Waals surface area (Å²) in [7, 11) is 0. The van der Waals surface area contributed by atoms with Crippen molar-refractivity contribution in [1.82, 2.24) is 9.88 Å². The van der Waals surface area contributed by atoms with E-state index in [1.165, 1.54) is 25.7 Å². The maximum atomic E-state index is 14.2. The number of halogens is 1. The van der Waals surface area contributed by atoms with Gasteiger partial charge >= 0.3 is 0 Å². The summed E-state index contributed by atoms with van der Waals surface area (Å²) in [6.07, 6.45) is 5.93. The predicted molar refractivity (Wildman–Crippen MR) is 119 cm³/mol. The third kappa shape index (κ3) is 4.47. The number of nitrogens with one attached hydrogen (secondary N) is 2. The monoisotopic (exact) mass is 416 g/mol. The van der Waals surface area contributed by atoms with Crippen LogP contribution in [0.2, 0.25) is 0 Å². The Morgan fingerprint density at radius 2 is 2.03 bits per heavy atom. The highest BCUT2D eigenvalue weighted by atomic mass is 32.2. The number of ether oxygens (including phenoxy) is 1. The van der Waals surface area contributed by atoms with Gasteiger partial charge in [0.2, 0.25) is 0 Å². The van der Waals surface area contributed by atoms with Crippen molar-refractivity contribution in [3.8, 4) is 0 Å². The zero-order chi connectivity index (χ0) is 19.6. The minimum atomic E-state index is -0.187. The molecule has 0 bridgehead atoms. The van der Waals surface area contributed by atoms with Gasteiger partial charge in [0.05, 0.1) is 36.2 Å². The topological polar surface area (TPSA) is 52.7 Å². The first-order valence-corrected chi connectivity index (χ1v) is 11.8. The van der Waals surface area contributed by atoms with E-state index in [1.807, 2.05) is 11.8 Å². The van der Waals surface area contributed by atoms with E-state index in [-0.39, 0.29) is 5.82 Å². The van der Waals surface area contributed by atoms with Crippen molar-refractivity contribution in [3.63, 3.8) is 0 Å². The maximum absolute atomic E-state index is 14.2. The third-order valence-corrected chi connectivity index (χ3v) is 7.38. The summed E-state index contributed by atoms with van der Waals surface area (Å²) in [4.78, 5) is 11.0. The Kier molecular flexibility index (Phi) is 5.79. The number of rotatable bonds is 6. The fourth-order valence-corrected chi connectivity index (χ4v) is 5.67. The molecule has 5 nitrogen and oxygen atoms in total.